The van der Waals surface area contributed by atoms with Crippen LogP contribution < -0.4 is 10.2 Å². The van der Waals surface area contributed by atoms with Gasteiger partial charge in [0, 0.05) is 33.8 Å². The molecule has 0 fully saturated rings. The van der Waals surface area contributed by atoms with E-state index >= 15 is 0 Å². The maximum Gasteiger partial charge on any atom is 0.315 e. The Labute approximate surface area is 172 Å². The summed E-state index contributed by atoms with van der Waals surface area (Å²) < 4.78 is 5.87. The molecule has 2 N–H and O–H groups in total. The highest BCUT2D eigenvalue weighted by Gasteiger charge is 2.20. The first-order valence-electron chi connectivity index (χ1n) is 8.45. The molecule has 12 heteroatoms. The zero-order valence-corrected chi connectivity index (χ0v) is 16.2. The number of phenols is 1. The standard InChI is InChI=1S/C18H14N4O7S/c1-2-29-14-6-10(5-13(17(14)23)22(27)28)9-19-20-18(24)16-8-11-7-12(21(25)26)3-4-15(11)30-16/h3-9,23H,2H2,1H3,(H,20,24). The Morgan fingerprint density at radius 1 is 1.23 bits per heavy atom. The Balaban J connectivity index is 1.79. The number of amides is 1. The van der Waals surface area contributed by atoms with E-state index < -0.39 is 27.2 Å². The minimum Gasteiger partial charge on any atom is -0.500 e. The molecule has 0 aliphatic carbocycles. The fraction of sp³-hybridized carbons (Fsp3) is 0.111. The van der Waals surface area contributed by atoms with Gasteiger partial charge in [0.05, 0.1) is 27.5 Å². The highest BCUT2D eigenvalue weighted by Crippen LogP contribution is 2.36. The third-order valence-corrected chi connectivity index (χ3v) is 5.00. The van der Waals surface area contributed by atoms with Gasteiger partial charge in [-0.1, -0.05) is 0 Å². The number of nitro benzene ring substituents is 2. The van der Waals surface area contributed by atoms with Gasteiger partial charge in [-0.05, 0) is 25.1 Å². The minimum absolute atomic E-state index is 0.0782. The molecule has 1 aromatic heterocycles. The van der Waals surface area contributed by atoms with Gasteiger partial charge in [0.15, 0.2) is 5.75 Å². The van der Waals surface area contributed by atoms with Crippen molar-refractivity contribution in [3.63, 3.8) is 0 Å². The molecule has 154 valence electrons. The van der Waals surface area contributed by atoms with Crippen LogP contribution in [-0.2, 0) is 0 Å². The van der Waals surface area contributed by atoms with Crippen LogP contribution in [-0.4, -0.2) is 33.7 Å². The molecule has 1 heterocycles. The van der Waals surface area contributed by atoms with Crippen LogP contribution in [0.3, 0.4) is 0 Å². The molecule has 0 aliphatic heterocycles. The normalized spacial score (nSPS) is 11.0. The summed E-state index contributed by atoms with van der Waals surface area (Å²) in [5, 5.41) is 36.2. The molecular formula is C18H14N4O7S. The van der Waals surface area contributed by atoms with Gasteiger partial charge in [-0.2, -0.15) is 5.10 Å². The Hall–Kier alpha value is -4.06. The van der Waals surface area contributed by atoms with Crippen molar-refractivity contribution >= 4 is 44.9 Å². The number of aromatic hydroxyl groups is 1. The SMILES string of the molecule is CCOc1cc(C=NNC(=O)c2cc3cc([N+](=O)[O-])ccc3s2)cc([N+](=O)[O-])c1O. The van der Waals surface area contributed by atoms with Gasteiger partial charge in [0.2, 0.25) is 5.75 Å². The number of ether oxygens (including phenoxy) is 1. The second-order valence-electron chi connectivity index (χ2n) is 5.87. The average Bonchev–Trinajstić information content (AvgIpc) is 3.13. The lowest BCUT2D eigenvalue weighted by molar-refractivity contribution is -0.386. The molecule has 0 saturated heterocycles. The van der Waals surface area contributed by atoms with Crippen molar-refractivity contribution < 1.29 is 24.5 Å². The van der Waals surface area contributed by atoms with E-state index in [4.69, 9.17) is 4.74 Å². The molecule has 30 heavy (non-hydrogen) atoms. The maximum absolute atomic E-state index is 12.3. The first-order chi connectivity index (χ1) is 14.3. The predicted molar refractivity (Wildman–Crippen MR) is 109 cm³/mol. The molecule has 0 spiro atoms. The van der Waals surface area contributed by atoms with Crippen molar-refractivity contribution in [3.8, 4) is 11.5 Å². The number of rotatable bonds is 7. The third-order valence-electron chi connectivity index (χ3n) is 3.89. The van der Waals surface area contributed by atoms with Crippen molar-refractivity contribution in [1.82, 2.24) is 5.43 Å². The van der Waals surface area contributed by atoms with Crippen molar-refractivity contribution in [3.05, 3.63) is 67.1 Å². The quantitative estimate of drug-likeness (QED) is 0.329. The molecule has 2 aromatic carbocycles. The number of nitro groups is 2. The zero-order valence-electron chi connectivity index (χ0n) is 15.4. The van der Waals surface area contributed by atoms with Crippen LogP contribution in [0, 0.1) is 20.2 Å². The monoisotopic (exact) mass is 430 g/mol. The van der Waals surface area contributed by atoms with E-state index in [2.05, 4.69) is 10.5 Å². The van der Waals surface area contributed by atoms with Crippen LogP contribution in [0.4, 0.5) is 11.4 Å². The van der Waals surface area contributed by atoms with Gasteiger partial charge >= 0.3 is 5.69 Å². The summed E-state index contributed by atoms with van der Waals surface area (Å²) in [5.74, 6) is -1.22. The Morgan fingerprint density at radius 3 is 2.67 bits per heavy atom. The number of carbonyl (C=O) groups is 1. The van der Waals surface area contributed by atoms with Crippen LogP contribution >= 0.6 is 11.3 Å². The van der Waals surface area contributed by atoms with E-state index in [9.17, 15) is 30.1 Å². The van der Waals surface area contributed by atoms with Crippen LogP contribution in [0.15, 0.2) is 41.5 Å². The van der Waals surface area contributed by atoms with Crippen molar-refractivity contribution in [2.24, 2.45) is 5.10 Å². The first-order valence-corrected chi connectivity index (χ1v) is 9.27. The lowest BCUT2D eigenvalue weighted by Crippen LogP contribution is -2.16. The topological polar surface area (TPSA) is 157 Å². The molecule has 0 unspecified atom stereocenters. The summed E-state index contributed by atoms with van der Waals surface area (Å²) in [6.45, 7) is 1.85. The van der Waals surface area contributed by atoms with Gasteiger partial charge < -0.3 is 9.84 Å². The van der Waals surface area contributed by atoms with Gasteiger partial charge in [0.1, 0.15) is 0 Å². The molecule has 0 saturated carbocycles. The van der Waals surface area contributed by atoms with Gasteiger partial charge in [-0.3, -0.25) is 25.0 Å². The number of hydrogen-bond acceptors (Lipinski definition) is 9. The van der Waals surface area contributed by atoms with Crippen molar-refractivity contribution in [2.75, 3.05) is 6.61 Å². The Morgan fingerprint density at radius 2 is 2.00 bits per heavy atom. The number of nitrogens with one attached hydrogen (secondary N) is 1. The summed E-state index contributed by atoms with van der Waals surface area (Å²) >= 11 is 1.14. The summed E-state index contributed by atoms with van der Waals surface area (Å²) in [4.78, 5) is 33.2. The number of hydrogen-bond donors (Lipinski definition) is 2. The van der Waals surface area contributed by atoms with Crippen molar-refractivity contribution in [2.45, 2.75) is 6.92 Å². The van der Waals surface area contributed by atoms with E-state index in [1.165, 1.54) is 30.5 Å². The third kappa shape index (κ3) is 4.33. The summed E-state index contributed by atoms with van der Waals surface area (Å²) in [7, 11) is 0. The van der Waals surface area contributed by atoms with Gasteiger partial charge in [-0.15, -0.1) is 11.3 Å². The first kappa shape index (κ1) is 20.7. The number of phenolic OH excluding ortho intramolecular Hbond substituents is 1. The number of thiophene rings is 1. The van der Waals surface area contributed by atoms with Gasteiger partial charge in [0.25, 0.3) is 11.6 Å². The smallest absolute Gasteiger partial charge is 0.315 e. The number of carbonyl (C=O) groups excluding carboxylic acids is 1. The maximum atomic E-state index is 12.3. The second-order valence-corrected chi connectivity index (χ2v) is 6.95. The largest absolute Gasteiger partial charge is 0.500 e. The number of fused-ring (bicyclic) bond motifs is 1. The second kappa shape index (κ2) is 8.53. The fourth-order valence-corrected chi connectivity index (χ4v) is 3.50. The Bertz CT molecular complexity index is 1190. The van der Waals surface area contributed by atoms with Crippen LogP contribution in [0.2, 0.25) is 0 Å². The zero-order chi connectivity index (χ0) is 21.8. The minimum atomic E-state index is -0.760. The molecule has 3 rings (SSSR count). The molecule has 0 atom stereocenters. The number of benzene rings is 2. The summed E-state index contributed by atoms with van der Waals surface area (Å²) in [6.07, 6.45) is 1.17. The fourth-order valence-electron chi connectivity index (χ4n) is 2.57. The van der Waals surface area contributed by atoms with Gasteiger partial charge in [-0.25, -0.2) is 5.43 Å². The van der Waals surface area contributed by atoms with Crippen molar-refractivity contribution in [1.29, 1.82) is 0 Å². The van der Waals surface area contributed by atoms with Crippen LogP contribution in [0.1, 0.15) is 22.2 Å². The number of hydrazone groups is 1. The number of nitrogens with zero attached hydrogens (tertiary/aromatic N) is 3. The molecule has 0 aliphatic rings. The lowest BCUT2D eigenvalue weighted by atomic mass is 10.2. The highest BCUT2D eigenvalue weighted by molar-refractivity contribution is 7.20. The lowest BCUT2D eigenvalue weighted by Gasteiger charge is -2.07. The van der Waals surface area contributed by atoms with Crippen LogP contribution in [0.25, 0.3) is 10.1 Å². The van der Waals surface area contributed by atoms with E-state index in [1.807, 2.05) is 0 Å². The molecule has 0 bridgehead atoms. The van der Waals surface area contributed by atoms with E-state index in [0.29, 0.717) is 10.1 Å². The molecule has 11 nitrogen and oxygen atoms in total. The Kier molecular flexibility index (Phi) is 5.88. The molecular weight excluding hydrogens is 416 g/mol. The number of non-ortho nitro benzene ring substituents is 1. The molecule has 0 radical (unpaired) electrons. The average molecular weight is 430 g/mol. The van der Waals surface area contributed by atoms with E-state index in [1.54, 1.807) is 13.0 Å². The predicted octanol–water partition coefficient (Wildman–Crippen LogP) is 3.59. The summed E-state index contributed by atoms with van der Waals surface area (Å²) in [6, 6.07) is 8.23. The molecule has 1 amide bonds. The van der Waals surface area contributed by atoms with E-state index in [0.717, 1.165) is 17.4 Å². The highest BCUT2D eigenvalue weighted by atomic mass is 32.1. The van der Waals surface area contributed by atoms with Crippen LogP contribution in [0.5, 0.6) is 11.5 Å². The summed E-state index contributed by atoms with van der Waals surface area (Å²) in [5.41, 5.74) is 1.89. The van der Waals surface area contributed by atoms with E-state index in [-0.39, 0.29) is 28.5 Å². The molecule has 3 aromatic rings.